The Morgan fingerprint density at radius 3 is 2.81 bits per heavy atom. The van der Waals surface area contributed by atoms with Crippen LogP contribution in [-0.4, -0.2) is 21.2 Å². The first-order valence-corrected chi connectivity index (χ1v) is 7.63. The molecule has 0 aliphatic heterocycles. The largest absolute Gasteiger partial charge is 0.364 e. The maximum atomic E-state index is 11.3. The predicted octanol–water partition coefficient (Wildman–Crippen LogP) is 3.75. The zero-order valence-electron chi connectivity index (χ0n) is 13.1. The number of aromatic nitrogens is 2. The molecule has 21 heavy (non-hydrogen) atoms. The zero-order valence-corrected chi connectivity index (χ0v) is 13.1. The zero-order chi connectivity index (χ0) is 15.4. The van der Waals surface area contributed by atoms with Crippen LogP contribution in [0.15, 0.2) is 11.6 Å². The van der Waals surface area contributed by atoms with Gasteiger partial charge in [-0.05, 0) is 32.1 Å². The highest BCUT2D eigenvalue weighted by molar-refractivity contribution is 5.60. The van der Waals surface area contributed by atoms with E-state index in [9.17, 15) is 10.1 Å². The number of anilines is 1. The van der Waals surface area contributed by atoms with Crippen LogP contribution < -0.4 is 5.32 Å². The van der Waals surface area contributed by atoms with Crippen LogP contribution in [0.25, 0.3) is 0 Å². The molecule has 2 rings (SSSR count). The van der Waals surface area contributed by atoms with E-state index in [1.165, 1.54) is 24.8 Å². The molecule has 1 N–H and O–H groups in total. The first-order chi connectivity index (χ1) is 10.0. The summed E-state index contributed by atoms with van der Waals surface area (Å²) in [6.45, 7) is 4.56. The second-order valence-electron chi connectivity index (χ2n) is 5.90. The van der Waals surface area contributed by atoms with Gasteiger partial charge in [0, 0.05) is 19.5 Å². The van der Waals surface area contributed by atoms with Gasteiger partial charge in [-0.25, -0.2) is 4.68 Å². The average Bonchev–Trinajstić information content (AvgIpc) is 2.78. The van der Waals surface area contributed by atoms with Gasteiger partial charge in [0.15, 0.2) is 0 Å². The van der Waals surface area contributed by atoms with Crippen molar-refractivity contribution < 1.29 is 4.92 Å². The van der Waals surface area contributed by atoms with Gasteiger partial charge in [0.2, 0.25) is 5.82 Å². The first-order valence-electron chi connectivity index (χ1n) is 7.63. The van der Waals surface area contributed by atoms with Gasteiger partial charge in [-0.15, -0.1) is 0 Å². The smallest absolute Gasteiger partial charge is 0.334 e. The van der Waals surface area contributed by atoms with Gasteiger partial charge < -0.3 is 5.32 Å². The van der Waals surface area contributed by atoms with Crippen LogP contribution in [0.1, 0.15) is 57.6 Å². The number of nitrogens with zero attached hydrogens (tertiary/aromatic N) is 3. The molecule has 1 aliphatic carbocycles. The standard InChI is InChI=1S/C15H24N4O2/c1-11(2)13-14(19(20)21)15(18(3)17-13)16-10-9-12-7-5-4-6-8-12/h7,11,16H,4-6,8-10H2,1-3H3. The number of nitrogens with one attached hydrogen (secondary N) is 1. The third kappa shape index (κ3) is 3.62. The van der Waals surface area contributed by atoms with Crippen molar-refractivity contribution >= 4 is 11.5 Å². The molecule has 0 aromatic carbocycles. The van der Waals surface area contributed by atoms with Gasteiger partial charge in [0.05, 0.1) is 4.92 Å². The van der Waals surface area contributed by atoms with Gasteiger partial charge in [-0.2, -0.15) is 5.10 Å². The van der Waals surface area contributed by atoms with E-state index in [1.807, 2.05) is 13.8 Å². The molecule has 0 bridgehead atoms. The Bertz CT molecular complexity index is 546. The van der Waals surface area contributed by atoms with E-state index in [1.54, 1.807) is 11.7 Å². The Balaban J connectivity index is 2.08. The van der Waals surface area contributed by atoms with Crippen LogP contribution in [0.5, 0.6) is 0 Å². The molecule has 0 amide bonds. The summed E-state index contributed by atoms with van der Waals surface area (Å²) in [4.78, 5) is 11.0. The van der Waals surface area contributed by atoms with Crippen molar-refractivity contribution in [1.82, 2.24) is 9.78 Å². The third-order valence-corrected chi connectivity index (χ3v) is 3.90. The summed E-state index contributed by atoms with van der Waals surface area (Å²) in [5.74, 6) is 0.549. The second kappa shape index (κ2) is 6.74. The van der Waals surface area contributed by atoms with E-state index in [2.05, 4.69) is 16.5 Å². The van der Waals surface area contributed by atoms with E-state index in [0.717, 1.165) is 12.8 Å². The van der Waals surface area contributed by atoms with Gasteiger partial charge >= 0.3 is 5.69 Å². The van der Waals surface area contributed by atoms with Crippen LogP contribution >= 0.6 is 0 Å². The summed E-state index contributed by atoms with van der Waals surface area (Å²) < 4.78 is 1.59. The normalized spacial score (nSPS) is 15.1. The molecule has 0 saturated carbocycles. The van der Waals surface area contributed by atoms with Crippen LogP contribution in [0, 0.1) is 10.1 Å². The van der Waals surface area contributed by atoms with E-state index in [4.69, 9.17) is 0 Å². The number of allylic oxidation sites excluding steroid dienone is 1. The molecule has 1 aromatic rings. The number of nitro groups is 1. The quantitative estimate of drug-likeness (QED) is 0.492. The van der Waals surface area contributed by atoms with Crippen LogP contribution in [0.2, 0.25) is 0 Å². The lowest BCUT2D eigenvalue weighted by Gasteiger charge is -2.13. The molecule has 1 aromatic heterocycles. The number of hydrogen-bond donors (Lipinski definition) is 1. The van der Waals surface area contributed by atoms with E-state index in [0.29, 0.717) is 18.1 Å². The fourth-order valence-electron chi connectivity index (χ4n) is 2.77. The highest BCUT2D eigenvalue weighted by Crippen LogP contribution is 2.33. The van der Waals surface area contributed by atoms with Crippen LogP contribution in [0.3, 0.4) is 0 Å². The Morgan fingerprint density at radius 2 is 2.24 bits per heavy atom. The summed E-state index contributed by atoms with van der Waals surface area (Å²) >= 11 is 0. The summed E-state index contributed by atoms with van der Waals surface area (Å²) in [6, 6.07) is 0. The van der Waals surface area contributed by atoms with Crippen molar-refractivity contribution in [2.45, 2.75) is 51.9 Å². The Morgan fingerprint density at radius 1 is 1.48 bits per heavy atom. The topological polar surface area (TPSA) is 73.0 Å². The summed E-state index contributed by atoms with van der Waals surface area (Å²) in [5, 5.41) is 18.8. The Labute approximate surface area is 125 Å². The molecule has 0 atom stereocenters. The Kier molecular flexibility index (Phi) is 4.98. The molecule has 0 fully saturated rings. The van der Waals surface area contributed by atoms with Gasteiger partial charge in [0.1, 0.15) is 5.69 Å². The number of hydrogen-bond acceptors (Lipinski definition) is 4. The molecule has 6 nitrogen and oxygen atoms in total. The van der Waals surface area contributed by atoms with Crippen molar-refractivity contribution in [3.05, 3.63) is 27.5 Å². The highest BCUT2D eigenvalue weighted by Gasteiger charge is 2.28. The molecule has 0 unspecified atom stereocenters. The predicted molar refractivity (Wildman–Crippen MR) is 83.6 cm³/mol. The van der Waals surface area contributed by atoms with Gasteiger partial charge in [0.25, 0.3) is 0 Å². The molecule has 0 radical (unpaired) electrons. The Hall–Kier alpha value is -1.85. The molecular formula is C15H24N4O2. The van der Waals surface area contributed by atoms with E-state index in [-0.39, 0.29) is 16.5 Å². The van der Waals surface area contributed by atoms with Crippen LogP contribution in [0.4, 0.5) is 11.5 Å². The van der Waals surface area contributed by atoms with Crippen LogP contribution in [-0.2, 0) is 7.05 Å². The molecule has 1 heterocycles. The van der Waals surface area contributed by atoms with Crippen molar-refractivity contribution in [1.29, 1.82) is 0 Å². The molecule has 6 heteroatoms. The maximum Gasteiger partial charge on any atom is 0.334 e. The molecular weight excluding hydrogens is 268 g/mol. The van der Waals surface area contributed by atoms with E-state index >= 15 is 0 Å². The molecule has 0 spiro atoms. The third-order valence-electron chi connectivity index (χ3n) is 3.90. The monoisotopic (exact) mass is 292 g/mol. The van der Waals surface area contributed by atoms with Crippen molar-refractivity contribution in [2.24, 2.45) is 7.05 Å². The average molecular weight is 292 g/mol. The maximum absolute atomic E-state index is 11.3. The first kappa shape index (κ1) is 15.5. The SMILES string of the molecule is CC(C)c1nn(C)c(NCCC2=CCCCC2)c1[N+](=O)[O-]. The van der Waals surface area contributed by atoms with Gasteiger partial charge in [-0.3, -0.25) is 10.1 Å². The summed E-state index contributed by atoms with van der Waals surface area (Å²) in [5.41, 5.74) is 2.12. The summed E-state index contributed by atoms with van der Waals surface area (Å²) in [6.07, 6.45) is 8.11. The minimum Gasteiger partial charge on any atom is -0.364 e. The molecule has 1 aliphatic rings. The van der Waals surface area contributed by atoms with Gasteiger partial charge in [-0.1, -0.05) is 25.5 Å². The van der Waals surface area contributed by atoms with Crippen molar-refractivity contribution in [3.8, 4) is 0 Å². The molecule has 116 valence electrons. The minimum absolute atomic E-state index is 0.0354. The second-order valence-corrected chi connectivity index (χ2v) is 5.90. The molecule has 0 saturated heterocycles. The lowest BCUT2D eigenvalue weighted by molar-refractivity contribution is -0.384. The fourth-order valence-corrected chi connectivity index (χ4v) is 2.77. The van der Waals surface area contributed by atoms with Crippen molar-refractivity contribution in [2.75, 3.05) is 11.9 Å². The lowest BCUT2D eigenvalue weighted by Crippen LogP contribution is -2.09. The highest BCUT2D eigenvalue weighted by atomic mass is 16.6. The fraction of sp³-hybridized carbons (Fsp3) is 0.667. The van der Waals surface area contributed by atoms with Crippen molar-refractivity contribution in [3.63, 3.8) is 0 Å². The lowest BCUT2D eigenvalue weighted by atomic mass is 9.97. The number of aryl methyl sites for hydroxylation is 1. The summed E-state index contributed by atoms with van der Waals surface area (Å²) in [7, 11) is 1.75. The number of rotatable bonds is 6. The minimum atomic E-state index is -0.329. The van der Waals surface area contributed by atoms with E-state index < -0.39 is 0 Å².